The number of rotatable bonds is 6. The molecule has 1 aromatic heterocycles. The highest BCUT2D eigenvalue weighted by molar-refractivity contribution is 5.91. The molecule has 1 saturated heterocycles. The number of nitrogens with zero attached hydrogens (tertiary/aromatic N) is 4. The molecule has 1 unspecified atom stereocenters. The summed E-state index contributed by atoms with van der Waals surface area (Å²) < 4.78 is 7.15. The van der Waals surface area contributed by atoms with Crippen molar-refractivity contribution in [3.05, 3.63) is 11.9 Å². The van der Waals surface area contributed by atoms with Crippen LogP contribution in [-0.4, -0.2) is 58.1 Å². The molecule has 2 N–H and O–H groups in total. The Labute approximate surface area is 112 Å². The first kappa shape index (κ1) is 14.0. The molecule has 0 radical (unpaired) electrons. The molecule has 0 saturated carbocycles. The van der Waals surface area contributed by atoms with Crippen molar-refractivity contribution in [2.45, 2.75) is 32.4 Å². The van der Waals surface area contributed by atoms with Gasteiger partial charge in [0.2, 0.25) is 0 Å². The Hall–Kier alpha value is -1.47. The van der Waals surface area contributed by atoms with Crippen LogP contribution in [0.5, 0.6) is 0 Å². The average Bonchev–Trinajstić information content (AvgIpc) is 3.06. The van der Waals surface area contributed by atoms with E-state index in [0.717, 1.165) is 19.4 Å². The van der Waals surface area contributed by atoms with Gasteiger partial charge in [-0.15, -0.1) is 5.10 Å². The van der Waals surface area contributed by atoms with Gasteiger partial charge in [0, 0.05) is 26.2 Å². The van der Waals surface area contributed by atoms with Gasteiger partial charge in [0.25, 0.3) is 5.91 Å². The molecule has 106 valence electrons. The monoisotopic (exact) mass is 267 g/mol. The maximum atomic E-state index is 12.3. The lowest BCUT2D eigenvalue weighted by Gasteiger charge is -2.22. The standard InChI is InChI=1S/C12H21N5O2/c1-2-16(8-10-4-3-7-19-10)12(18)11-9-17(6-5-13)15-14-11/h9-10H,2-8,13H2,1H3. The summed E-state index contributed by atoms with van der Waals surface area (Å²) in [6.07, 6.45) is 3.89. The minimum Gasteiger partial charge on any atom is -0.376 e. The van der Waals surface area contributed by atoms with Gasteiger partial charge in [-0.2, -0.15) is 0 Å². The molecule has 2 heterocycles. The number of carbonyl (C=O) groups excluding carboxylic acids is 1. The van der Waals surface area contributed by atoms with Crippen LogP contribution in [0.3, 0.4) is 0 Å². The average molecular weight is 267 g/mol. The van der Waals surface area contributed by atoms with Crippen LogP contribution in [0.15, 0.2) is 6.20 Å². The molecular formula is C12H21N5O2. The fraction of sp³-hybridized carbons (Fsp3) is 0.750. The van der Waals surface area contributed by atoms with E-state index in [2.05, 4.69) is 10.3 Å². The maximum Gasteiger partial charge on any atom is 0.276 e. The first-order chi connectivity index (χ1) is 9.24. The van der Waals surface area contributed by atoms with Gasteiger partial charge < -0.3 is 15.4 Å². The van der Waals surface area contributed by atoms with Gasteiger partial charge in [0.05, 0.1) is 18.8 Å². The topological polar surface area (TPSA) is 86.3 Å². The van der Waals surface area contributed by atoms with Crippen LogP contribution in [-0.2, 0) is 11.3 Å². The highest BCUT2D eigenvalue weighted by atomic mass is 16.5. The van der Waals surface area contributed by atoms with Crippen LogP contribution < -0.4 is 5.73 Å². The number of carbonyl (C=O) groups is 1. The Kier molecular flexibility index (Phi) is 4.86. The van der Waals surface area contributed by atoms with Crippen LogP contribution >= 0.6 is 0 Å². The minimum absolute atomic E-state index is 0.0960. The molecule has 19 heavy (non-hydrogen) atoms. The van der Waals surface area contributed by atoms with Crippen molar-refractivity contribution in [2.24, 2.45) is 5.73 Å². The molecule has 2 rings (SSSR count). The molecule has 1 aromatic rings. The summed E-state index contributed by atoms with van der Waals surface area (Å²) in [6, 6.07) is 0. The molecule has 0 bridgehead atoms. The summed E-state index contributed by atoms with van der Waals surface area (Å²) >= 11 is 0. The lowest BCUT2D eigenvalue weighted by atomic mass is 10.2. The van der Waals surface area contributed by atoms with Gasteiger partial charge in [-0.05, 0) is 19.8 Å². The lowest BCUT2D eigenvalue weighted by molar-refractivity contribution is 0.0534. The SMILES string of the molecule is CCN(CC1CCCO1)C(=O)c1cn(CCN)nn1. The normalized spacial score (nSPS) is 18.7. The number of amides is 1. The third-order valence-electron chi connectivity index (χ3n) is 3.23. The maximum absolute atomic E-state index is 12.3. The molecule has 1 atom stereocenters. The number of nitrogens with two attached hydrogens (primary N) is 1. The fourth-order valence-electron chi connectivity index (χ4n) is 2.19. The molecule has 0 spiro atoms. The summed E-state index contributed by atoms with van der Waals surface area (Å²) in [5.41, 5.74) is 5.81. The second-order valence-electron chi connectivity index (χ2n) is 4.63. The van der Waals surface area contributed by atoms with Gasteiger partial charge in [0.1, 0.15) is 0 Å². The van der Waals surface area contributed by atoms with Crippen LogP contribution in [0, 0.1) is 0 Å². The van der Waals surface area contributed by atoms with Crippen LogP contribution in [0.1, 0.15) is 30.3 Å². The number of likely N-dealkylation sites (N-methyl/N-ethyl adjacent to an activating group) is 1. The van der Waals surface area contributed by atoms with Crippen molar-refractivity contribution in [3.63, 3.8) is 0 Å². The van der Waals surface area contributed by atoms with Crippen LogP contribution in [0.4, 0.5) is 0 Å². The number of hydrogen-bond donors (Lipinski definition) is 1. The number of aromatic nitrogens is 3. The van der Waals surface area contributed by atoms with Crippen LogP contribution in [0.2, 0.25) is 0 Å². The number of hydrogen-bond acceptors (Lipinski definition) is 5. The van der Waals surface area contributed by atoms with E-state index in [1.54, 1.807) is 15.8 Å². The van der Waals surface area contributed by atoms with Crippen molar-refractivity contribution in [1.82, 2.24) is 19.9 Å². The Morgan fingerprint density at radius 3 is 3.16 bits per heavy atom. The zero-order chi connectivity index (χ0) is 13.7. The molecule has 1 aliphatic rings. The zero-order valence-electron chi connectivity index (χ0n) is 11.3. The molecule has 0 aliphatic carbocycles. The Balaban J connectivity index is 1.97. The minimum atomic E-state index is -0.0960. The highest BCUT2D eigenvalue weighted by Crippen LogP contribution is 2.14. The van der Waals surface area contributed by atoms with Gasteiger partial charge in [-0.1, -0.05) is 5.21 Å². The van der Waals surface area contributed by atoms with Crippen molar-refractivity contribution >= 4 is 5.91 Å². The second-order valence-corrected chi connectivity index (χ2v) is 4.63. The summed E-state index contributed by atoms with van der Waals surface area (Å²) in [7, 11) is 0. The van der Waals surface area contributed by atoms with E-state index in [1.807, 2.05) is 6.92 Å². The summed E-state index contributed by atoms with van der Waals surface area (Å²) in [6.45, 7) is 5.06. The molecule has 1 fully saturated rings. The van der Waals surface area contributed by atoms with Crippen molar-refractivity contribution in [2.75, 3.05) is 26.2 Å². The quantitative estimate of drug-likeness (QED) is 0.776. The summed E-state index contributed by atoms with van der Waals surface area (Å²) in [4.78, 5) is 14.1. The molecular weight excluding hydrogens is 246 g/mol. The predicted molar refractivity (Wildman–Crippen MR) is 69.6 cm³/mol. The first-order valence-corrected chi connectivity index (χ1v) is 6.75. The van der Waals surface area contributed by atoms with Crippen LogP contribution in [0.25, 0.3) is 0 Å². The molecule has 1 aliphatic heterocycles. The van der Waals surface area contributed by atoms with Gasteiger partial charge in [-0.25, -0.2) is 0 Å². The van der Waals surface area contributed by atoms with Crippen molar-refractivity contribution in [3.8, 4) is 0 Å². The zero-order valence-corrected chi connectivity index (χ0v) is 11.3. The van der Waals surface area contributed by atoms with E-state index in [4.69, 9.17) is 10.5 Å². The van der Waals surface area contributed by atoms with E-state index in [0.29, 0.717) is 31.9 Å². The second kappa shape index (κ2) is 6.63. The van der Waals surface area contributed by atoms with Gasteiger partial charge in [-0.3, -0.25) is 9.48 Å². The predicted octanol–water partition coefficient (Wildman–Crippen LogP) is -0.122. The largest absolute Gasteiger partial charge is 0.376 e. The highest BCUT2D eigenvalue weighted by Gasteiger charge is 2.23. The van der Waals surface area contributed by atoms with E-state index >= 15 is 0 Å². The Morgan fingerprint density at radius 1 is 1.68 bits per heavy atom. The third-order valence-corrected chi connectivity index (χ3v) is 3.23. The fourth-order valence-corrected chi connectivity index (χ4v) is 2.19. The van der Waals surface area contributed by atoms with Gasteiger partial charge >= 0.3 is 0 Å². The van der Waals surface area contributed by atoms with Gasteiger partial charge in [0.15, 0.2) is 5.69 Å². The Morgan fingerprint density at radius 2 is 2.53 bits per heavy atom. The third kappa shape index (κ3) is 3.51. The Bertz CT molecular complexity index is 414. The number of ether oxygens (including phenoxy) is 1. The molecule has 7 nitrogen and oxygen atoms in total. The summed E-state index contributed by atoms with van der Waals surface area (Å²) in [5.74, 6) is -0.0960. The first-order valence-electron chi connectivity index (χ1n) is 6.75. The van der Waals surface area contributed by atoms with E-state index in [9.17, 15) is 4.79 Å². The van der Waals surface area contributed by atoms with Crippen molar-refractivity contribution < 1.29 is 9.53 Å². The molecule has 1 amide bonds. The lowest BCUT2D eigenvalue weighted by Crippen LogP contribution is -2.37. The molecule has 0 aromatic carbocycles. The summed E-state index contributed by atoms with van der Waals surface area (Å²) in [5, 5.41) is 7.79. The van der Waals surface area contributed by atoms with E-state index in [-0.39, 0.29) is 12.0 Å². The molecule has 7 heteroatoms. The smallest absolute Gasteiger partial charge is 0.276 e. The van der Waals surface area contributed by atoms with E-state index < -0.39 is 0 Å². The van der Waals surface area contributed by atoms with E-state index in [1.165, 1.54) is 0 Å². The van der Waals surface area contributed by atoms with Crippen molar-refractivity contribution in [1.29, 1.82) is 0 Å².